The maximum absolute atomic E-state index is 12.5. The number of ether oxygens (including phenoxy) is 2. The van der Waals surface area contributed by atoms with Gasteiger partial charge in [0.25, 0.3) is 11.8 Å². The molecule has 1 aromatic heterocycles. The molecule has 2 aromatic rings. The molecule has 29 heavy (non-hydrogen) atoms. The summed E-state index contributed by atoms with van der Waals surface area (Å²) in [5.41, 5.74) is 1.23. The zero-order valence-corrected chi connectivity index (χ0v) is 16.3. The third kappa shape index (κ3) is 4.92. The Morgan fingerprint density at radius 3 is 2.52 bits per heavy atom. The van der Waals surface area contributed by atoms with Crippen molar-refractivity contribution in [2.24, 2.45) is 0 Å². The van der Waals surface area contributed by atoms with Crippen molar-refractivity contribution in [1.29, 1.82) is 0 Å². The first-order chi connectivity index (χ1) is 14.2. The van der Waals surface area contributed by atoms with Crippen LogP contribution in [0.25, 0.3) is 0 Å². The molecular weight excluding hydrogens is 370 g/mol. The number of amides is 2. The van der Waals surface area contributed by atoms with E-state index in [1.165, 1.54) is 0 Å². The fourth-order valence-electron chi connectivity index (χ4n) is 3.64. The van der Waals surface area contributed by atoms with Crippen LogP contribution in [-0.4, -0.2) is 60.1 Å². The number of benzene rings is 1. The molecule has 2 aliphatic heterocycles. The van der Waals surface area contributed by atoms with E-state index in [-0.39, 0.29) is 24.0 Å². The van der Waals surface area contributed by atoms with E-state index >= 15 is 0 Å². The Balaban J connectivity index is 1.26. The van der Waals surface area contributed by atoms with E-state index in [9.17, 15) is 9.59 Å². The number of carbonyl (C=O) groups is 2. The Bertz CT molecular complexity index is 827. The van der Waals surface area contributed by atoms with Gasteiger partial charge in [-0.2, -0.15) is 0 Å². The zero-order chi connectivity index (χ0) is 20.1. The topological polar surface area (TPSA) is 80.8 Å². The van der Waals surface area contributed by atoms with Crippen LogP contribution in [0.2, 0.25) is 0 Å². The summed E-state index contributed by atoms with van der Waals surface area (Å²) >= 11 is 0. The zero-order valence-electron chi connectivity index (χ0n) is 16.3. The van der Waals surface area contributed by atoms with Gasteiger partial charge in [0.15, 0.2) is 0 Å². The van der Waals surface area contributed by atoms with Crippen molar-refractivity contribution in [3.63, 3.8) is 0 Å². The maximum Gasteiger partial charge on any atom is 0.255 e. The molecule has 152 valence electrons. The van der Waals surface area contributed by atoms with Crippen LogP contribution in [0.4, 0.5) is 0 Å². The first-order valence-corrected chi connectivity index (χ1v) is 10.0. The van der Waals surface area contributed by atoms with Crippen LogP contribution in [0.1, 0.15) is 40.0 Å². The van der Waals surface area contributed by atoms with Crippen molar-refractivity contribution in [2.45, 2.75) is 31.4 Å². The molecule has 2 fully saturated rings. The maximum atomic E-state index is 12.5. The highest BCUT2D eigenvalue weighted by Gasteiger charge is 2.25. The Kier molecular flexibility index (Phi) is 6.05. The number of nitrogens with zero attached hydrogens (tertiary/aromatic N) is 2. The number of hydrogen-bond donors (Lipinski definition) is 1. The van der Waals surface area contributed by atoms with Gasteiger partial charge in [0.05, 0.1) is 18.2 Å². The minimum Gasteiger partial charge on any atom is -0.490 e. The number of aromatic nitrogens is 1. The molecule has 0 saturated carbocycles. The second-order valence-corrected chi connectivity index (χ2v) is 7.41. The predicted molar refractivity (Wildman–Crippen MR) is 107 cm³/mol. The van der Waals surface area contributed by atoms with Gasteiger partial charge < -0.3 is 19.7 Å². The van der Waals surface area contributed by atoms with Gasteiger partial charge in [0.1, 0.15) is 11.9 Å². The lowest BCUT2D eigenvalue weighted by molar-refractivity contribution is 0.0595. The fraction of sp³-hybridized carbons (Fsp3) is 0.409. The third-order valence-corrected chi connectivity index (χ3v) is 5.32. The van der Waals surface area contributed by atoms with Crippen molar-refractivity contribution in [3.05, 3.63) is 59.9 Å². The Morgan fingerprint density at radius 2 is 1.86 bits per heavy atom. The molecular formula is C22H25N3O4. The smallest absolute Gasteiger partial charge is 0.255 e. The van der Waals surface area contributed by atoms with Crippen LogP contribution in [0.5, 0.6) is 5.75 Å². The molecule has 0 spiro atoms. The summed E-state index contributed by atoms with van der Waals surface area (Å²) < 4.78 is 11.3. The monoisotopic (exact) mass is 395 g/mol. The lowest BCUT2D eigenvalue weighted by atomic mass is 10.1. The van der Waals surface area contributed by atoms with E-state index in [0.717, 1.165) is 25.0 Å². The minimum atomic E-state index is -0.0886. The van der Waals surface area contributed by atoms with Gasteiger partial charge in [0.2, 0.25) is 0 Å². The third-order valence-electron chi connectivity index (χ3n) is 5.32. The Labute approximate surface area is 170 Å². The molecule has 0 radical (unpaired) electrons. The Morgan fingerprint density at radius 1 is 1.07 bits per heavy atom. The molecule has 0 aliphatic carbocycles. The molecule has 2 amide bonds. The molecule has 1 N–H and O–H groups in total. The van der Waals surface area contributed by atoms with Crippen LogP contribution in [-0.2, 0) is 4.74 Å². The number of pyridine rings is 1. The standard InChI is InChI=1S/C22H25N3O4/c26-21(24-18-9-13-28-15-18)16-3-5-19(6-4-16)29-20-7-11-25(12-8-20)22(27)17-2-1-10-23-14-17/h1-6,10,14,18,20H,7-9,11-13,15H2,(H,24,26)/t18-/m0/s1. The van der Waals surface area contributed by atoms with Crippen LogP contribution >= 0.6 is 0 Å². The summed E-state index contributed by atoms with van der Waals surface area (Å²) in [4.78, 5) is 30.6. The van der Waals surface area contributed by atoms with Gasteiger partial charge in [-0.05, 0) is 42.8 Å². The van der Waals surface area contributed by atoms with Gasteiger partial charge in [-0.15, -0.1) is 0 Å². The van der Waals surface area contributed by atoms with Crippen molar-refractivity contribution in [2.75, 3.05) is 26.3 Å². The molecule has 2 saturated heterocycles. The number of likely N-dealkylation sites (tertiary alicyclic amines) is 1. The van der Waals surface area contributed by atoms with E-state index in [2.05, 4.69) is 10.3 Å². The van der Waals surface area contributed by atoms with Gasteiger partial charge >= 0.3 is 0 Å². The van der Waals surface area contributed by atoms with Crippen LogP contribution in [0.15, 0.2) is 48.8 Å². The summed E-state index contributed by atoms with van der Waals surface area (Å²) in [6, 6.07) is 10.9. The van der Waals surface area contributed by atoms with Crippen molar-refractivity contribution in [1.82, 2.24) is 15.2 Å². The van der Waals surface area contributed by atoms with E-state index < -0.39 is 0 Å². The van der Waals surface area contributed by atoms with Gasteiger partial charge in [-0.3, -0.25) is 14.6 Å². The van der Waals surface area contributed by atoms with Crippen LogP contribution in [0.3, 0.4) is 0 Å². The van der Waals surface area contributed by atoms with Crippen LogP contribution < -0.4 is 10.1 Å². The Hall–Kier alpha value is -2.93. The van der Waals surface area contributed by atoms with E-state index in [1.807, 2.05) is 17.0 Å². The summed E-state index contributed by atoms with van der Waals surface area (Å²) in [5.74, 6) is 0.664. The molecule has 4 rings (SSSR count). The number of rotatable bonds is 5. The molecule has 7 nitrogen and oxygen atoms in total. The van der Waals surface area contributed by atoms with Crippen molar-refractivity contribution in [3.8, 4) is 5.75 Å². The second kappa shape index (κ2) is 9.05. The largest absolute Gasteiger partial charge is 0.490 e. The average molecular weight is 395 g/mol. The van der Waals surface area contributed by atoms with E-state index in [0.29, 0.717) is 37.4 Å². The molecule has 2 aliphatic rings. The predicted octanol–water partition coefficient (Wildman–Crippen LogP) is 2.28. The highest BCUT2D eigenvalue weighted by Crippen LogP contribution is 2.21. The number of nitrogens with one attached hydrogen (secondary N) is 1. The first-order valence-electron chi connectivity index (χ1n) is 10.0. The molecule has 1 atom stereocenters. The summed E-state index contributed by atoms with van der Waals surface area (Å²) in [6.45, 7) is 2.59. The number of hydrogen-bond acceptors (Lipinski definition) is 5. The fourth-order valence-corrected chi connectivity index (χ4v) is 3.64. The minimum absolute atomic E-state index is 0.0135. The summed E-state index contributed by atoms with van der Waals surface area (Å²) in [5, 5.41) is 2.98. The number of carbonyl (C=O) groups excluding carboxylic acids is 2. The molecule has 7 heteroatoms. The summed E-state index contributed by atoms with van der Waals surface area (Å²) in [7, 11) is 0. The first kappa shape index (κ1) is 19.4. The lowest BCUT2D eigenvalue weighted by Crippen LogP contribution is -2.41. The van der Waals surface area contributed by atoms with Gasteiger partial charge in [-0.25, -0.2) is 0 Å². The molecule has 1 aromatic carbocycles. The highest BCUT2D eigenvalue weighted by atomic mass is 16.5. The van der Waals surface area contributed by atoms with E-state index in [4.69, 9.17) is 9.47 Å². The molecule has 0 bridgehead atoms. The highest BCUT2D eigenvalue weighted by molar-refractivity contribution is 5.94. The van der Waals surface area contributed by atoms with Gasteiger partial charge in [0, 0.05) is 50.5 Å². The van der Waals surface area contributed by atoms with Crippen molar-refractivity contribution < 1.29 is 19.1 Å². The van der Waals surface area contributed by atoms with E-state index in [1.54, 1.807) is 36.7 Å². The molecule has 3 heterocycles. The summed E-state index contributed by atoms with van der Waals surface area (Å²) in [6.07, 6.45) is 5.72. The quantitative estimate of drug-likeness (QED) is 0.840. The second-order valence-electron chi connectivity index (χ2n) is 7.41. The van der Waals surface area contributed by atoms with Crippen LogP contribution in [0, 0.1) is 0 Å². The van der Waals surface area contributed by atoms with Crippen molar-refractivity contribution >= 4 is 11.8 Å². The number of piperidine rings is 1. The van der Waals surface area contributed by atoms with Gasteiger partial charge in [-0.1, -0.05) is 0 Å². The normalized spacial score (nSPS) is 19.7. The average Bonchev–Trinajstić information content (AvgIpc) is 3.28. The SMILES string of the molecule is O=C(N[C@H]1CCOC1)c1ccc(OC2CCN(C(=O)c3cccnc3)CC2)cc1. The lowest BCUT2D eigenvalue weighted by Gasteiger charge is -2.32. The molecule has 0 unspecified atom stereocenters.